The molecule has 2 rings (SSSR count). The highest BCUT2D eigenvalue weighted by Gasteiger charge is 2.16. The highest BCUT2D eigenvalue weighted by Crippen LogP contribution is 2.18. The van der Waals surface area contributed by atoms with E-state index < -0.39 is 26.3 Å². The summed E-state index contributed by atoms with van der Waals surface area (Å²) in [7, 11) is -7.55. The van der Waals surface area contributed by atoms with Crippen molar-refractivity contribution >= 4 is 31.6 Å². The van der Waals surface area contributed by atoms with Gasteiger partial charge in [-0.1, -0.05) is 31.2 Å². The van der Waals surface area contributed by atoms with Crippen LogP contribution in [0, 0.1) is 6.92 Å². The molecule has 2 aromatic carbocycles. The Labute approximate surface area is 179 Å². The van der Waals surface area contributed by atoms with Crippen molar-refractivity contribution in [3.05, 3.63) is 54.1 Å². The van der Waals surface area contributed by atoms with Crippen LogP contribution in [0.2, 0.25) is 0 Å². The normalized spacial score (nSPS) is 12.6. The lowest BCUT2D eigenvalue weighted by Gasteiger charge is -2.26. The SMILES string of the molecule is CCN(CC(C)OS(=O)(=O)O)c1cccc(C)c1.CCS(=O)(=O)c1ccccc1N. The summed E-state index contributed by atoms with van der Waals surface area (Å²) in [4.78, 5) is 2.22. The van der Waals surface area contributed by atoms with E-state index in [9.17, 15) is 16.8 Å². The second-order valence-corrected chi connectivity index (χ2v) is 9.95. The molecule has 1 unspecified atom stereocenters. The zero-order valence-corrected chi connectivity index (χ0v) is 19.3. The lowest BCUT2D eigenvalue weighted by atomic mass is 10.2. The molecule has 2 aromatic rings. The predicted octanol–water partition coefficient (Wildman–Crippen LogP) is 3.09. The van der Waals surface area contributed by atoms with Gasteiger partial charge in [0, 0.05) is 18.8 Å². The highest BCUT2D eigenvalue weighted by atomic mass is 32.3. The summed E-state index contributed by atoms with van der Waals surface area (Å²) in [5.74, 6) is 0.0845. The van der Waals surface area contributed by atoms with Gasteiger partial charge in [-0.05, 0) is 50.6 Å². The second-order valence-electron chi connectivity index (χ2n) is 6.65. The third-order valence-corrected chi connectivity index (χ3v) is 6.52. The highest BCUT2D eigenvalue weighted by molar-refractivity contribution is 7.91. The zero-order chi connectivity index (χ0) is 22.9. The average Bonchev–Trinajstić information content (AvgIpc) is 2.65. The third-order valence-electron chi connectivity index (χ3n) is 4.15. The number of anilines is 2. The Balaban J connectivity index is 0.000000325. The summed E-state index contributed by atoms with van der Waals surface area (Å²) in [5, 5.41) is 0. The van der Waals surface area contributed by atoms with Crippen LogP contribution in [0.3, 0.4) is 0 Å². The number of benzene rings is 2. The molecule has 0 fully saturated rings. The molecule has 0 saturated carbocycles. The number of nitrogens with two attached hydrogens (primary N) is 1. The monoisotopic (exact) mass is 458 g/mol. The summed E-state index contributed by atoms with van der Waals surface area (Å²) in [6, 6.07) is 14.4. The van der Waals surface area contributed by atoms with Gasteiger partial charge in [0.2, 0.25) is 0 Å². The topological polar surface area (TPSA) is 127 Å². The minimum absolute atomic E-state index is 0.0845. The van der Waals surface area contributed by atoms with E-state index in [0.717, 1.165) is 17.8 Å². The second kappa shape index (κ2) is 11.3. The number of nitrogen functional groups attached to an aromatic ring is 1. The molecule has 0 aliphatic carbocycles. The van der Waals surface area contributed by atoms with Crippen molar-refractivity contribution < 1.29 is 25.6 Å². The first kappa shape index (κ1) is 25.9. The Hall–Kier alpha value is -2.14. The molecule has 0 radical (unpaired) electrons. The Morgan fingerprint density at radius 2 is 1.70 bits per heavy atom. The first-order valence-electron chi connectivity index (χ1n) is 9.44. The zero-order valence-electron chi connectivity index (χ0n) is 17.6. The fraction of sp³-hybridized carbons (Fsp3) is 0.400. The maximum absolute atomic E-state index is 11.3. The van der Waals surface area contributed by atoms with Gasteiger partial charge in [0.25, 0.3) is 0 Å². The molecule has 10 heteroatoms. The van der Waals surface area contributed by atoms with Gasteiger partial charge in [-0.2, -0.15) is 8.42 Å². The van der Waals surface area contributed by atoms with Crippen molar-refractivity contribution in [3.63, 3.8) is 0 Å². The number of likely N-dealkylation sites (N-methyl/N-ethyl adjacent to an activating group) is 1. The minimum Gasteiger partial charge on any atom is -0.398 e. The van der Waals surface area contributed by atoms with Crippen LogP contribution in [0.1, 0.15) is 26.3 Å². The molecule has 30 heavy (non-hydrogen) atoms. The molecule has 168 valence electrons. The molecule has 0 amide bonds. The van der Waals surface area contributed by atoms with Gasteiger partial charge in [0.15, 0.2) is 9.84 Å². The van der Waals surface area contributed by atoms with Crippen molar-refractivity contribution in [2.45, 2.75) is 38.7 Å². The lowest BCUT2D eigenvalue weighted by Crippen LogP contribution is -2.33. The van der Waals surface area contributed by atoms with Crippen LogP contribution in [-0.2, 0) is 24.4 Å². The molecular weight excluding hydrogens is 428 g/mol. The Morgan fingerprint density at radius 1 is 1.07 bits per heavy atom. The summed E-state index contributed by atoms with van der Waals surface area (Å²) < 4.78 is 57.0. The number of hydrogen-bond acceptors (Lipinski definition) is 7. The smallest absolute Gasteiger partial charge is 0.397 e. The first-order valence-corrected chi connectivity index (χ1v) is 12.5. The van der Waals surface area contributed by atoms with E-state index in [1.807, 2.05) is 43.0 Å². The van der Waals surface area contributed by atoms with Crippen molar-refractivity contribution in [1.29, 1.82) is 0 Å². The fourth-order valence-electron chi connectivity index (χ4n) is 2.71. The number of sulfone groups is 1. The third kappa shape index (κ3) is 8.70. The first-order chi connectivity index (χ1) is 13.9. The molecule has 0 bridgehead atoms. The van der Waals surface area contributed by atoms with Crippen LogP contribution in [0.5, 0.6) is 0 Å². The molecular formula is C20H30N2O6S2. The van der Waals surface area contributed by atoms with Crippen LogP contribution in [0.15, 0.2) is 53.4 Å². The van der Waals surface area contributed by atoms with E-state index >= 15 is 0 Å². The predicted molar refractivity (Wildman–Crippen MR) is 120 cm³/mol. The molecule has 0 saturated heterocycles. The number of nitrogens with zero attached hydrogens (tertiary/aromatic N) is 1. The van der Waals surface area contributed by atoms with Gasteiger partial charge >= 0.3 is 10.4 Å². The Morgan fingerprint density at radius 3 is 2.20 bits per heavy atom. The van der Waals surface area contributed by atoms with E-state index in [2.05, 4.69) is 4.18 Å². The van der Waals surface area contributed by atoms with Crippen LogP contribution in [0.4, 0.5) is 11.4 Å². The Kier molecular flexibility index (Phi) is 9.76. The van der Waals surface area contributed by atoms with Gasteiger partial charge in [-0.3, -0.25) is 4.55 Å². The van der Waals surface area contributed by atoms with Gasteiger partial charge in [-0.25, -0.2) is 12.6 Å². The lowest BCUT2D eigenvalue weighted by molar-refractivity contribution is 0.201. The number of rotatable bonds is 8. The molecule has 0 aromatic heterocycles. The van der Waals surface area contributed by atoms with Gasteiger partial charge in [0.05, 0.1) is 22.4 Å². The minimum atomic E-state index is -4.39. The molecule has 3 N–H and O–H groups in total. The number of para-hydroxylation sites is 1. The molecule has 0 aliphatic rings. The quantitative estimate of drug-likeness (QED) is 0.456. The molecule has 1 atom stereocenters. The maximum atomic E-state index is 11.3. The standard InChI is InChI=1S/C12H19NO4S.C8H11NO2S/c1-4-13(9-11(3)17-18(14,15)16)12-7-5-6-10(2)8-12;1-2-12(10,11)8-6-4-3-5-7(8)9/h5-8,11H,4,9H2,1-3H3,(H,14,15,16);3-6H,2,9H2,1H3. The average molecular weight is 459 g/mol. The summed E-state index contributed by atoms with van der Waals surface area (Å²) in [6.45, 7) is 8.29. The molecule has 8 nitrogen and oxygen atoms in total. The van der Waals surface area contributed by atoms with Crippen molar-refractivity contribution in [1.82, 2.24) is 0 Å². The van der Waals surface area contributed by atoms with E-state index in [-0.39, 0.29) is 10.6 Å². The van der Waals surface area contributed by atoms with Crippen LogP contribution < -0.4 is 10.6 Å². The fourth-order valence-corrected chi connectivity index (χ4v) is 4.21. The van der Waals surface area contributed by atoms with Gasteiger partial charge in [-0.15, -0.1) is 0 Å². The van der Waals surface area contributed by atoms with Crippen molar-refractivity contribution in [2.75, 3.05) is 29.5 Å². The van der Waals surface area contributed by atoms with E-state index in [1.54, 1.807) is 32.0 Å². The van der Waals surface area contributed by atoms with Crippen LogP contribution >= 0.6 is 0 Å². The van der Waals surface area contributed by atoms with E-state index in [0.29, 0.717) is 12.2 Å². The molecule has 0 aliphatic heterocycles. The van der Waals surface area contributed by atoms with Crippen molar-refractivity contribution in [2.24, 2.45) is 0 Å². The van der Waals surface area contributed by atoms with E-state index in [1.165, 1.54) is 6.07 Å². The molecule has 0 spiro atoms. The summed E-state index contributed by atoms with van der Waals surface area (Å²) in [5.41, 5.74) is 7.96. The van der Waals surface area contributed by atoms with Crippen molar-refractivity contribution in [3.8, 4) is 0 Å². The summed E-state index contributed by atoms with van der Waals surface area (Å²) in [6.07, 6.45) is -0.611. The van der Waals surface area contributed by atoms with Crippen LogP contribution in [-0.4, -0.2) is 46.3 Å². The Bertz CT molecular complexity index is 1020. The number of hydrogen-bond donors (Lipinski definition) is 2. The maximum Gasteiger partial charge on any atom is 0.397 e. The number of aryl methyl sites for hydroxylation is 1. The van der Waals surface area contributed by atoms with Gasteiger partial charge in [0.1, 0.15) is 0 Å². The molecule has 0 heterocycles. The van der Waals surface area contributed by atoms with Gasteiger partial charge < -0.3 is 10.6 Å². The van der Waals surface area contributed by atoms with E-state index in [4.69, 9.17) is 10.3 Å². The summed E-state index contributed by atoms with van der Waals surface area (Å²) >= 11 is 0. The van der Waals surface area contributed by atoms with Crippen LogP contribution in [0.25, 0.3) is 0 Å². The largest absolute Gasteiger partial charge is 0.398 e.